The van der Waals surface area contributed by atoms with Gasteiger partial charge in [-0.15, -0.1) is 0 Å². The van der Waals surface area contributed by atoms with Gasteiger partial charge in [-0.3, -0.25) is 4.68 Å². The Hall–Kier alpha value is -0.920. The summed E-state index contributed by atoms with van der Waals surface area (Å²) >= 11 is 0. The summed E-state index contributed by atoms with van der Waals surface area (Å²) in [5.74, 6) is 0. The third kappa shape index (κ3) is 5.29. The van der Waals surface area contributed by atoms with Gasteiger partial charge in [0.2, 0.25) is 10.0 Å². The van der Waals surface area contributed by atoms with Gasteiger partial charge in [-0.1, -0.05) is 34.6 Å². The van der Waals surface area contributed by atoms with E-state index in [1.54, 1.807) is 10.9 Å². The molecule has 0 atom stereocenters. The first-order valence-corrected chi connectivity index (χ1v) is 9.82. The first-order valence-electron chi connectivity index (χ1n) is 8.34. The van der Waals surface area contributed by atoms with Crippen LogP contribution >= 0.6 is 0 Å². The Morgan fingerprint density at radius 3 is 2.26 bits per heavy atom. The second kappa shape index (κ2) is 7.77. The fourth-order valence-electron chi connectivity index (χ4n) is 2.31. The summed E-state index contributed by atoms with van der Waals surface area (Å²) in [6.45, 7) is 17.0. The molecule has 0 aliphatic carbocycles. The van der Waals surface area contributed by atoms with Crippen molar-refractivity contribution in [2.24, 2.45) is 0 Å². The number of rotatable bonds is 8. The third-order valence-electron chi connectivity index (χ3n) is 3.84. The third-order valence-corrected chi connectivity index (χ3v) is 5.30. The number of hydrogen-bond donors (Lipinski definition) is 1. The highest BCUT2D eigenvalue weighted by molar-refractivity contribution is 7.89. The van der Waals surface area contributed by atoms with Gasteiger partial charge in [-0.2, -0.15) is 5.10 Å². The van der Waals surface area contributed by atoms with E-state index in [-0.39, 0.29) is 11.5 Å². The second-order valence-electron chi connectivity index (χ2n) is 7.09. The van der Waals surface area contributed by atoms with Crippen molar-refractivity contribution < 1.29 is 8.42 Å². The van der Waals surface area contributed by atoms with Crippen LogP contribution in [0.5, 0.6) is 0 Å². The number of hydrogen-bond acceptors (Lipinski definition) is 4. The normalized spacial score (nSPS) is 13.3. The molecule has 1 heterocycles. The molecule has 23 heavy (non-hydrogen) atoms. The Balaban J connectivity index is 3.03. The molecule has 0 radical (unpaired) electrons. The molecule has 0 spiro atoms. The number of nitrogens with zero attached hydrogens (tertiary/aromatic N) is 3. The molecule has 1 aromatic rings. The van der Waals surface area contributed by atoms with Crippen molar-refractivity contribution in [3.63, 3.8) is 0 Å². The minimum absolute atomic E-state index is 0.121. The van der Waals surface area contributed by atoms with Crippen molar-refractivity contribution in [1.82, 2.24) is 19.4 Å². The molecule has 1 N–H and O–H groups in total. The average Bonchev–Trinajstić information content (AvgIpc) is 2.90. The zero-order valence-corrected chi connectivity index (χ0v) is 16.4. The molecule has 1 rings (SSSR count). The van der Waals surface area contributed by atoms with Crippen molar-refractivity contribution in [3.05, 3.63) is 11.9 Å². The molecule has 7 heteroatoms. The Bertz CT molecular complexity index is 596. The molecule has 0 amide bonds. The molecule has 0 aromatic carbocycles. The van der Waals surface area contributed by atoms with Gasteiger partial charge in [0.05, 0.1) is 5.69 Å². The minimum Gasteiger partial charge on any atom is -0.303 e. The first-order chi connectivity index (χ1) is 10.5. The van der Waals surface area contributed by atoms with Gasteiger partial charge in [0.25, 0.3) is 0 Å². The van der Waals surface area contributed by atoms with Gasteiger partial charge < -0.3 is 4.90 Å². The molecule has 0 bridgehead atoms. The molecule has 0 unspecified atom stereocenters. The molecular formula is C16H32N4O2S. The summed E-state index contributed by atoms with van der Waals surface area (Å²) in [6.07, 6.45) is 1.64. The fraction of sp³-hybridized carbons (Fsp3) is 0.812. The van der Waals surface area contributed by atoms with Crippen molar-refractivity contribution in [2.45, 2.75) is 64.8 Å². The van der Waals surface area contributed by atoms with Crippen LogP contribution in [0.3, 0.4) is 0 Å². The Morgan fingerprint density at radius 1 is 1.26 bits per heavy atom. The molecule has 1 aromatic heterocycles. The molecule has 0 saturated heterocycles. The van der Waals surface area contributed by atoms with Crippen LogP contribution in [0.15, 0.2) is 11.1 Å². The second-order valence-corrected chi connectivity index (χ2v) is 8.83. The predicted octanol–water partition coefficient (Wildman–Crippen LogP) is 2.38. The maximum atomic E-state index is 12.7. The Morgan fingerprint density at radius 2 is 1.83 bits per heavy atom. The summed E-state index contributed by atoms with van der Waals surface area (Å²) in [5.41, 5.74) is 0.282. The van der Waals surface area contributed by atoms with Gasteiger partial charge in [0.15, 0.2) is 0 Å². The highest BCUT2D eigenvalue weighted by Crippen LogP contribution is 2.28. The largest absolute Gasteiger partial charge is 0.303 e. The van der Waals surface area contributed by atoms with E-state index in [4.69, 9.17) is 0 Å². The minimum atomic E-state index is -3.56. The van der Waals surface area contributed by atoms with Crippen LogP contribution in [0, 0.1) is 0 Å². The molecule has 6 nitrogen and oxygen atoms in total. The lowest BCUT2D eigenvalue weighted by atomic mass is 9.92. The average molecular weight is 345 g/mol. The number of nitrogens with one attached hydrogen (secondary N) is 1. The lowest BCUT2D eigenvalue weighted by molar-refractivity contribution is 0.309. The summed E-state index contributed by atoms with van der Waals surface area (Å²) in [5, 5.41) is 4.51. The van der Waals surface area contributed by atoms with E-state index >= 15 is 0 Å². The maximum absolute atomic E-state index is 12.7. The number of likely N-dealkylation sites (N-methyl/N-ethyl adjacent to an activating group) is 1. The maximum Gasteiger partial charge on any atom is 0.244 e. The SMILES string of the molecule is CCN(CC)CCNS(=O)(=O)c1cn(C(C)C)nc1C(C)(C)C. The van der Waals surface area contributed by atoms with E-state index in [0.717, 1.165) is 13.1 Å². The summed E-state index contributed by atoms with van der Waals surface area (Å²) in [6, 6.07) is 0.121. The van der Waals surface area contributed by atoms with E-state index in [1.807, 2.05) is 34.6 Å². The molecule has 0 aliphatic rings. The lowest BCUT2D eigenvalue weighted by Crippen LogP contribution is -2.35. The van der Waals surface area contributed by atoms with E-state index in [2.05, 4.69) is 28.6 Å². The zero-order valence-electron chi connectivity index (χ0n) is 15.5. The fourth-order valence-corrected chi connectivity index (χ4v) is 3.68. The van der Waals surface area contributed by atoms with Gasteiger partial charge in [-0.05, 0) is 26.9 Å². The molecule has 0 saturated carbocycles. The van der Waals surface area contributed by atoms with Gasteiger partial charge in [0, 0.05) is 30.7 Å². The predicted molar refractivity (Wildman–Crippen MR) is 94.3 cm³/mol. The quantitative estimate of drug-likeness (QED) is 0.786. The molecular weight excluding hydrogens is 312 g/mol. The number of aromatic nitrogens is 2. The van der Waals surface area contributed by atoms with Crippen molar-refractivity contribution >= 4 is 10.0 Å². The van der Waals surface area contributed by atoms with Crippen molar-refractivity contribution in [3.8, 4) is 0 Å². The molecule has 0 fully saturated rings. The summed E-state index contributed by atoms with van der Waals surface area (Å²) in [7, 11) is -3.56. The number of sulfonamides is 1. The molecule has 134 valence electrons. The lowest BCUT2D eigenvalue weighted by Gasteiger charge is -2.19. The van der Waals surface area contributed by atoms with Gasteiger partial charge in [-0.25, -0.2) is 13.1 Å². The van der Waals surface area contributed by atoms with Gasteiger partial charge in [0.1, 0.15) is 4.90 Å². The van der Waals surface area contributed by atoms with Crippen LogP contribution in [0.4, 0.5) is 0 Å². The summed E-state index contributed by atoms with van der Waals surface area (Å²) in [4.78, 5) is 2.48. The van der Waals surface area contributed by atoms with Crippen LogP contribution < -0.4 is 4.72 Å². The van der Waals surface area contributed by atoms with Crippen LogP contribution in [-0.4, -0.2) is 49.3 Å². The Labute approximate surface area is 141 Å². The molecule has 0 aliphatic heterocycles. The first kappa shape index (κ1) is 20.1. The van der Waals surface area contributed by atoms with Crippen LogP contribution in [0.2, 0.25) is 0 Å². The van der Waals surface area contributed by atoms with Crippen LogP contribution in [-0.2, 0) is 15.4 Å². The monoisotopic (exact) mass is 344 g/mol. The van der Waals surface area contributed by atoms with Crippen LogP contribution in [0.25, 0.3) is 0 Å². The Kier molecular flexibility index (Phi) is 6.80. The highest BCUT2D eigenvalue weighted by Gasteiger charge is 2.30. The van der Waals surface area contributed by atoms with E-state index in [9.17, 15) is 8.42 Å². The van der Waals surface area contributed by atoms with Gasteiger partial charge >= 0.3 is 0 Å². The van der Waals surface area contributed by atoms with Crippen molar-refractivity contribution in [1.29, 1.82) is 0 Å². The van der Waals surface area contributed by atoms with E-state index in [1.165, 1.54) is 0 Å². The van der Waals surface area contributed by atoms with Crippen molar-refractivity contribution in [2.75, 3.05) is 26.2 Å². The van der Waals surface area contributed by atoms with E-state index < -0.39 is 10.0 Å². The summed E-state index contributed by atoms with van der Waals surface area (Å²) < 4.78 is 29.9. The topological polar surface area (TPSA) is 67.2 Å². The smallest absolute Gasteiger partial charge is 0.244 e. The van der Waals surface area contributed by atoms with Crippen LogP contribution in [0.1, 0.15) is 60.2 Å². The highest BCUT2D eigenvalue weighted by atomic mass is 32.2. The van der Waals surface area contributed by atoms with E-state index in [0.29, 0.717) is 23.7 Å². The standard InChI is InChI=1S/C16H32N4O2S/c1-8-19(9-2)11-10-17-23(21,22)14-12-20(13(3)4)18-15(14)16(5,6)7/h12-13,17H,8-11H2,1-7H3. The zero-order chi connectivity index (χ0) is 17.8.